The molecule has 0 saturated heterocycles. The van der Waals surface area contributed by atoms with Crippen LogP contribution >= 0.6 is 11.6 Å². The number of pyridine rings is 1. The molecule has 1 N–H and O–H groups in total. The second-order valence-corrected chi connectivity index (χ2v) is 4.62. The number of halogens is 1. The van der Waals surface area contributed by atoms with Gasteiger partial charge in [0.25, 0.3) is 0 Å². The van der Waals surface area contributed by atoms with Gasteiger partial charge in [0, 0.05) is 12.3 Å². The lowest BCUT2D eigenvalue weighted by Crippen LogP contribution is -2.16. The summed E-state index contributed by atoms with van der Waals surface area (Å²) < 4.78 is 9.69. The number of ether oxygens (including phenoxy) is 2. The summed E-state index contributed by atoms with van der Waals surface area (Å²) in [4.78, 5) is 27.2. The fourth-order valence-corrected chi connectivity index (χ4v) is 1.83. The maximum absolute atomic E-state index is 11.8. The molecular weight excluding hydrogens is 308 g/mol. The zero-order valence-electron chi connectivity index (χ0n) is 11.7. The lowest BCUT2D eigenvalue weighted by Gasteiger charge is -2.10. The van der Waals surface area contributed by atoms with Gasteiger partial charge in [-0.1, -0.05) is 41.9 Å². The first-order valence-corrected chi connectivity index (χ1v) is 6.69. The molecule has 7 heteroatoms. The van der Waals surface area contributed by atoms with Gasteiger partial charge in [0.1, 0.15) is 17.3 Å². The number of hydrogen-bond donors (Lipinski definition) is 1. The minimum Gasteiger partial charge on any atom is -0.465 e. The molecule has 0 radical (unpaired) electrons. The smallest absolute Gasteiger partial charge is 0.411 e. The topological polar surface area (TPSA) is 77.5 Å². The Kier molecular flexibility index (Phi) is 5.32. The van der Waals surface area contributed by atoms with Crippen molar-refractivity contribution < 1.29 is 19.1 Å². The number of benzene rings is 1. The molecule has 0 unspecified atom stereocenters. The molecule has 114 valence electrons. The minimum absolute atomic E-state index is 0.0866. The first kappa shape index (κ1) is 15.8. The van der Waals surface area contributed by atoms with Crippen LogP contribution in [0.25, 0.3) is 0 Å². The predicted octanol–water partition coefficient (Wildman–Crippen LogP) is 3.27. The second kappa shape index (κ2) is 7.42. The average molecular weight is 321 g/mol. The van der Waals surface area contributed by atoms with Crippen LogP contribution < -0.4 is 5.32 Å². The first-order valence-electron chi connectivity index (χ1n) is 6.31. The number of esters is 1. The Hall–Kier alpha value is -2.60. The van der Waals surface area contributed by atoms with Crippen LogP contribution in [0.3, 0.4) is 0 Å². The van der Waals surface area contributed by atoms with Crippen LogP contribution in [0.5, 0.6) is 0 Å². The van der Waals surface area contributed by atoms with Gasteiger partial charge in [-0.15, -0.1) is 0 Å². The molecule has 0 aliphatic rings. The van der Waals surface area contributed by atoms with Crippen LogP contribution in [-0.2, 0) is 16.1 Å². The molecule has 0 fully saturated rings. The van der Waals surface area contributed by atoms with Crippen molar-refractivity contribution in [3.8, 4) is 0 Å². The van der Waals surface area contributed by atoms with E-state index in [-0.39, 0.29) is 23.0 Å². The summed E-state index contributed by atoms with van der Waals surface area (Å²) in [6, 6.07) is 10.6. The number of amides is 1. The molecule has 2 aromatic rings. The highest BCUT2D eigenvalue weighted by atomic mass is 35.5. The number of nitrogens with zero attached hydrogens (tertiary/aromatic N) is 1. The van der Waals surface area contributed by atoms with E-state index < -0.39 is 12.1 Å². The second-order valence-electron chi connectivity index (χ2n) is 4.23. The molecule has 0 atom stereocenters. The maximum atomic E-state index is 11.8. The lowest BCUT2D eigenvalue weighted by atomic mass is 10.2. The zero-order valence-corrected chi connectivity index (χ0v) is 12.5. The molecule has 1 heterocycles. The third-order valence-corrected chi connectivity index (χ3v) is 2.93. The third kappa shape index (κ3) is 4.20. The number of anilines is 1. The van der Waals surface area contributed by atoms with Crippen LogP contribution in [0.2, 0.25) is 5.15 Å². The van der Waals surface area contributed by atoms with E-state index in [9.17, 15) is 9.59 Å². The highest BCUT2D eigenvalue weighted by molar-refractivity contribution is 6.29. The maximum Gasteiger partial charge on any atom is 0.411 e. The zero-order chi connectivity index (χ0) is 15.9. The third-order valence-electron chi connectivity index (χ3n) is 2.73. The van der Waals surface area contributed by atoms with Gasteiger partial charge in [0.05, 0.1) is 12.8 Å². The van der Waals surface area contributed by atoms with Crippen molar-refractivity contribution in [3.63, 3.8) is 0 Å². The summed E-state index contributed by atoms with van der Waals surface area (Å²) in [5.41, 5.74) is 1.10. The molecular formula is C15H13ClN2O4. The summed E-state index contributed by atoms with van der Waals surface area (Å²) >= 11 is 5.77. The standard InChI is InChI=1S/C15H13ClN2O4/c1-21-14(19)11-8-17-13(16)7-12(11)18-15(20)22-9-10-5-3-2-4-6-10/h2-8H,9H2,1H3,(H,17,18,20). The van der Waals surface area contributed by atoms with Crippen LogP contribution in [0.1, 0.15) is 15.9 Å². The normalized spacial score (nSPS) is 9.91. The molecule has 1 aromatic heterocycles. The number of carbonyl (C=O) groups is 2. The lowest BCUT2D eigenvalue weighted by molar-refractivity contribution is 0.0601. The molecule has 22 heavy (non-hydrogen) atoms. The van der Waals surface area contributed by atoms with Gasteiger partial charge in [-0.25, -0.2) is 14.6 Å². The quantitative estimate of drug-likeness (QED) is 0.691. The van der Waals surface area contributed by atoms with Gasteiger partial charge < -0.3 is 9.47 Å². The molecule has 0 bridgehead atoms. The number of aromatic nitrogens is 1. The van der Waals surface area contributed by atoms with Gasteiger partial charge in [0.15, 0.2) is 0 Å². The molecule has 0 aliphatic heterocycles. The van der Waals surface area contributed by atoms with Crippen molar-refractivity contribution in [1.29, 1.82) is 0 Å². The van der Waals surface area contributed by atoms with E-state index in [1.807, 2.05) is 30.3 Å². The van der Waals surface area contributed by atoms with Crippen LogP contribution in [0.15, 0.2) is 42.6 Å². The summed E-state index contributed by atoms with van der Waals surface area (Å²) in [7, 11) is 1.23. The molecule has 0 saturated carbocycles. The van der Waals surface area contributed by atoms with Crippen molar-refractivity contribution in [2.45, 2.75) is 6.61 Å². The Morgan fingerprint density at radius 1 is 1.27 bits per heavy atom. The minimum atomic E-state index is -0.712. The molecule has 0 spiro atoms. The van der Waals surface area contributed by atoms with Gasteiger partial charge in [-0.3, -0.25) is 5.32 Å². The van der Waals surface area contributed by atoms with Gasteiger partial charge in [-0.2, -0.15) is 0 Å². The van der Waals surface area contributed by atoms with Crippen LogP contribution in [0, 0.1) is 0 Å². The highest BCUT2D eigenvalue weighted by Crippen LogP contribution is 2.20. The first-order chi connectivity index (χ1) is 10.6. The Balaban J connectivity index is 2.04. The highest BCUT2D eigenvalue weighted by Gasteiger charge is 2.16. The summed E-state index contributed by atoms with van der Waals surface area (Å²) in [6.45, 7) is 0.110. The largest absolute Gasteiger partial charge is 0.465 e. The SMILES string of the molecule is COC(=O)c1cnc(Cl)cc1NC(=O)OCc1ccccc1. The van der Waals surface area contributed by atoms with Crippen molar-refractivity contribution in [1.82, 2.24) is 4.98 Å². The van der Waals surface area contributed by atoms with Gasteiger partial charge >= 0.3 is 12.1 Å². The summed E-state index contributed by atoms with van der Waals surface area (Å²) in [5.74, 6) is -0.637. The molecule has 6 nitrogen and oxygen atoms in total. The van der Waals surface area contributed by atoms with Gasteiger partial charge in [-0.05, 0) is 5.56 Å². The molecule has 1 aromatic carbocycles. The van der Waals surface area contributed by atoms with E-state index in [4.69, 9.17) is 16.3 Å². The summed E-state index contributed by atoms with van der Waals surface area (Å²) in [5, 5.41) is 2.58. The average Bonchev–Trinajstić information content (AvgIpc) is 2.53. The fraction of sp³-hybridized carbons (Fsp3) is 0.133. The van der Waals surface area contributed by atoms with Gasteiger partial charge in [0.2, 0.25) is 0 Å². The van der Waals surface area contributed by atoms with Crippen LogP contribution in [-0.4, -0.2) is 24.2 Å². The van der Waals surface area contributed by atoms with Crippen molar-refractivity contribution in [2.75, 3.05) is 12.4 Å². The molecule has 1 amide bonds. The van der Waals surface area contributed by atoms with E-state index in [1.54, 1.807) is 0 Å². The molecule has 0 aliphatic carbocycles. The Morgan fingerprint density at radius 3 is 2.68 bits per heavy atom. The number of hydrogen-bond acceptors (Lipinski definition) is 5. The summed E-state index contributed by atoms with van der Waals surface area (Å²) in [6.07, 6.45) is 0.511. The van der Waals surface area contributed by atoms with Crippen molar-refractivity contribution in [3.05, 3.63) is 58.9 Å². The van der Waals surface area contributed by atoms with Crippen molar-refractivity contribution in [2.24, 2.45) is 0 Å². The van der Waals surface area contributed by atoms with E-state index >= 15 is 0 Å². The monoisotopic (exact) mass is 320 g/mol. The Bertz CT molecular complexity index is 676. The number of nitrogens with one attached hydrogen (secondary N) is 1. The number of carbonyl (C=O) groups excluding carboxylic acids is 2. The van der Waals surface area contributed by atoms with E-state index in [0.717, 1.165) is 5.56 Å². The Morgan fingerprint density at radius 2 is 2.00 bits per heavy atom. The number of rotatable bonds is 4. The number of methoxy groups -OCH3 is 1. The molecule has 2 rings (SSSR count). The predicted molar refractivity (Wildman–Crippen MR) is 80.8 cm³/mol. The Labute approximate surface area is 132 Å². The van der Waals surface area contributed by atoms with E-state index in [2.05, 4.69) is 15.0 Å². The van der Waals surface area contributed by atoms with Crippen LogP contribution in [0.4, 0.5) is 10.5 Å². The van der Waals surface area contributed by atoms with E-state index in [1.165, 1.54) is 19.4 Å². The fourth-order valence-electron chi connectivity index (χ4n) is 1.68. The van der Waals surface area contributed by atoms with E-state index in [0.29, 0.717) is 0 Å². The van der Waals surface area contributed by atoms with Crippen molar-refractivity contribution >= 4 is 29.4 Å².